The summed E-state index contributed by atoms with van der Waals surface area (Å²) in [5.74, 6) is -0.0760. The van der Waals surface area contributed by atoms with E-state index in [1.807, 2.05) is 29.2 Å². The third-order valence-corrected chi connectivity index (χ3v) is 8.52. The zero-order chi connectivity index (χ0) is 20.9. The number of para-hydroxylation sites is 1. The molecule has 7 heteroatoms. The number of anilines is 1. The molecule has 6 nitrogen and oxygen atoms in total. The molecule has 0 N–H and O–H groups in total. The Balaban J connectivity index is 1.42. The second-order valence-electron chi connectivity index (χ2n) is 8.58. The van der Waals surface area contributed by atoms with Crippen molar-refractivity contribution in [2.75, 3.05) is 30.5 Å². The molecule has 2 fully saturated rings. The molecule has 0 radical (unpaired) electrons. The van der Waals surface area contributed by atoms with Gasteiger partial charge in [-0.25, -0.2) is 8.42 Å². The number of carbonyl (C=O) groups is 1. The first kappa shape index (κ1) is 19.6. The van der Waals surface area contributed by atoms with Crippen molar-refractivity contribution in [2.45, 2.75) is 43.2 Å². The lowest BCUT2D eigenvalue weighted by atomic mass is 10.1. The maximum absolute atomic E-state index is 13.4. The fourth-order valence-corrected chi connectivity index (χ4v) is 6.66. The summed E-state index contributed by atoms with van der Waals surface area (Å²) in [4.78, 5) is 17.9. The van der Waals surface area contributed by atoms with E-state index in [2.05, 4.69) is 11.8 Å². The summed E-state index contributed by atoms with van der Waals surface area (Å²) in [5.41, 5.74) is 2.22. The SMILES string of the molecule is CC1CN2CCCC2CN1C(=O)c1cccc(S(=O)(=O)N2CCc3ccccc32)c1. The molecule has 0 spiro atoms. The highest BCUT2D eigenvalue weighted by molar-refractivity contribution is 7.92. The summed E-state index contributed by atoms with van der Waals surface area (Å²) >= 11 is 0. The van der Waals surface area contributed by atoms with Crippen LogP contribution in [0.4, 0.5) is 5.69 Å². The van der Waals surface area contributed by atoms with Gasteiger partial charge in [0.05, 0.1) is 10.6 Å². The normalized spacial score (nSPS) is 24.0. The zero-order valence-electron chi connectivity index (χ0n) is 17.2. The largest absolute Gasteiger partial charge is 0.333 e. The molecule has 3 heterocycles. The van der Waals surface area contributed by atoms with E-state index in [0.29, 0.717) is 24.6 Å². The van der Waals surface area contributed by atoms with Crippen LogP contribution in [-0.2, 0) is 16.4 Å². The molecular formula is C23H27N3O3S. The number of amides is 1. The number of hydrogen-bond donors (Lipinski definition) is 0. The second-order valence-corrected chi connectivity index (χ2v) is 10.4. The molecule has 2 unspecified atom stereocenters. The topological polar surface area (TPSA) is 60.9 Å². The van der Waals surface area contributed by atoms with Crippen molar-refractivity contribution in [1.82, 2.24) is 9.80 Å². The molecule has 0 aromatic heterocycles. The van der Waals surface area contributed by atoms with Crippen molar-refractivity contribution >= 4 is 21.6 Å². The van der Waals surface area contributed by atoms with Gasteiger partial charge in [0.25, 0.3) is 15.9 Å². The lowest BCUT2D eigenvalue weighted by Gasteiger charge is -2.42. The quantitative estimate of drug-likeness (QED) is 0.759. The molecule has 2 atom stereocenters. The maximum Gasteiger partial charge on any atom is 0.264 e. The third-order valence-electron chi connectivity index (χ3n) is 6.71. The van der Waals surface area contributed by atoms with Crippen LogP contribution in [0.3, 0.4) is 0 Å². The number of rotatable bonds is 3. The van der Waals surface area contributed by atoms with Crippen LogP contribution in [0.15, 0.2) is 53.4 Å². The molecule has 2 aromatic rings. The molecule has 0 aliphatic carbocycles. The highest BCUT2D eigenvalue weighted by Gasteiger charge is 2.37. The first-order chi connectivity index (χ1) is 14.4. The summed E-state index contributed by atoms with van der Waals surface area (Å²) in [7, 11) is -3.71. The van der Waals surface area contributed by atoms with E-state index < -0.39 is 10.0 Å². The van der Waals surface area contributed by atoms with E-state index in [4.69, 9.17) is 0 Å². The lowest BCUT2D eigenvalue weighted by molar-refractivity contribution is 0.0395. The van der Waals surface area contributed by atoms with E-state index in [-0.39, 0.29) is 16.8 Å². The van der Waals surface area contributed by atoms with Crippen molar-refractivity contribution in [3.63, 3.8) is 0 Å². The monoisotopic (exact) mass is 425 g/mol. The van der Waals surface area contributed by atoms with E-state index >= 15 is 0 Å². The molecule has 3 aliphatic heterocycles. The summed E-state index contributed by atoms with van der Waals surface area (Å²) < 4.78 is 28.2. The van der Waals surface area contributed by atoms with Gasteiger partial charge < -0.3 is 4.90 Å². The highest BCUT2D eigenvalue weighted by atomic mass is 32.2. The number of piperazine rings is 1. The molecule has 2 aromatic carbocycles. The van der Waals surface area contributed by atoms with Gasteiger partial charge in [-0.05, 0) is 62.6 Å². The average Bonchev–Trinajstić information content (AvgIpc) is 3.39. The molecule has 2 saturated heterocycles. The van der Waals surface area contributed by atoms with Gasteiger partial charge in [0.2, 0.25) is 0 Å². The lowest BCUT2D eigenvalue weighted by Crippen LogP contribution is -2.56. The molecule has 30 heavy (non-hydrogen) atoms. The number of hydrogen-bond acceptors (Lipinski definition) is 4. The van der Waals surface area contributed by atoms with Gasteiger partial charge in [-0.3, -0.25) is 14.0 Å². The Kier molecular flexibility index (Phi) is 4.82. The van der Waals surface area contributed by atoms with Crippen molar-refractivity contribution in [3.05, 3.63) is 59.7 Å². The molecule has 1 amide bonds. The van der Waals surface area contributed by atoms with Gasteiger partial charge in [-0.2, -0.15) is 0 Å². The van der Waals surface area contributed by atoms with Gasteiger partial charge in [-0.15, -0.1) is 0 Å². The van der Waals surface area contributed by atoms with Crippen LogP contribution >= 0.6 is 0 Å². The summed E-state index contributed by atoms with van der Waals surface area (Å²) in [6.45, 7) is 5.23. The smallest absolute Gasteiger partial charge is 0.264 e. The zero-order valence-corrected chi connectivity index (χ0v) is 18.0. The Bertz CT molecular complexity index is 1080. The van der Waals surface area contributed by atoms with Crippen molar-refractivity contribution in [1.29, 1.82) is 0 Å². The van der Waals surface area contributed by atoms with Crippen LogP contribution in [0.5, 0.6) is 0 Å². The van der Waals surface area contributed by atoms with Gasteiger partial charge in [0, 0.05) is 37.3 Å². The minimum atomic E-state index is -3.71. The minimum absolute atomic E-state index is 0.0760. The molecular weight excluding hydrogens is 398 g/mol. The number of fused-ring (bicyclic) bond motifs is 2. The van der Waals surface area contributed by atoms with Crippen LogP contribution in [0, 0.1) is 0 Å². The second kappa shape index (κ2) is 7.39. The van der Waals surface area contributed by atoms with Crippen molar-refractivity contribution in [3.8, 4) is 0 Å². The Morgan fingerprint density at radius 1 is 1.03 bits per heavy atom. The minimum Gasteiger partial charge on any atom is -0.333 e. The Morgan fingerprint density at radius 3 is 2.73 bits per heavy atom. The molecule has 0 saturated carbocycles. The molecule has 0 bridgehead atoms. The Hall–Kier alpha value is -2.38. The highest BCUT2D eigenvalue weighted by Crippen LogP contribution is 2.33. The van der Waals surface area contributed by atoms with Gasteiger partial charge in [-0.1, -0.05) is 24.3 Å². The van der Waals surface area contributed by atoms with Crippen molar-refractivity contribution < 1.29 is 13.2 Å². The number of benzene rings is 2. The Morgan fingerprint density at radius 2 is 1.87 bits per heavy atom. The van der Waals surface area contributed by atoms with Gasteiger partial charge in [0.15, 0.2) is 0 Å². The van der Waals surface area contributed by atoms with Crippen molar-refractivity contribution in [2.24, 2.45) is 0 Å². The van der Waals surface area contributed by atoms with Crippen LogP contribution in [0.2, 0.25) is 0 Å². The van der Waals surface area contributed by atoms with Crippen LogP contribution in [-0.4, -0.2) is 62.4 Å². The number of carbonyl (C=O) groups excluding carboxylic acids is 1. The first-order valence-electron chi connectivity index (χ1n) is 10.7. The summed E-state index contributed by atoms with van der Waals surface area (Å²) in [6, 6.07) is 14.7. The fraction of sp³-hybridized carbons (Fsp3) is 0.435. The van der Waals surface area contributed by atoms with Gasteiger partial charge >= 0.3 is 0 Å². The standard InChI is InChI=1S/C23H27N3O3S/c1-17-15-24-12-5-8-20(24)16-25(17)23(27)19-7-4-9-21(14-19)30(28,29)26-13-11-18-6-2-3-10-22(18)26/h2-4,6-7,9-10,14,17,20H,5,8,11-13,15-16H2,1H3. The maximum atomic E-state index is 13.4. The predicted molar refractivity (Wildman–Crippen MR) is 116 cm³/mol. The van der Waals surface area contributed by atoms with E-state index in [1.165, 1.54) is 10.7 Å². The molecule has 5 rings (SSSR count). The van der Waals surface area contributed by atoms with Gasteiger partial charge in [0.1, 0.15) is 0 Å². The van der Waals surface area contributed by atoms with E-state index in [0.717, 1.165) is 37.3 Å². The molecule has 3 aliphatic rings. The number of sulfonamides is 1. The number of nitrogens with zero attached hydrogens (tertiary/aromatic N) is 3. The summed E-state index contributed by atoms with van der Waals surface area (Å²) in [6.07, 6.45) is 3.01. The van der Waals surface area contributed by atoms with Crippen LogP contribution in [0.25, 0.3) is 0 Å². The Labute approximate surface area is 178 Å². The van der Waals surface area contributed by atoms with E-state index in [9.17, 15) is 13.2 Å². The van der Waals surface area contributed by atoms with Crippen LogP contribution in [0.1, 0.15) is 35.7 Å². The van der Waals surface area contributed by atoms with Crippen LogP contribution < -0.4 is 4.31 Å². The fourth-order valence-electron chi connectivity index (χ4n) is 5.11. The molecule has 158 valence electrons. The first-order valence-corrected chi connectivity index (χ1v) is 12.1. The average molecular weight is 426 g/mol. The predicted octanol–water partition coefficient (Wildman–Crippen LogP) is 2.75. The summed E-state index contributed by atoms with van der Waals surface area (Å²) in [5, 5.41) is 0. The van der Waals surface area contributed by atoms with E-state index in [1.54, 1.807) is 24.3 Å². The third kappa shape index (κ3) is 3.20.